The minimum absolute atomic E-state index is 0. The van der Waals surface area contributed by atoms with Gasteiger partial charge in [-0.2, -0.15) is 0 Å². The minimum Gasteiger partial charge on any atom is -0.560 e. The fraction of sp³-hybridized carbons (Fsp3) is 0. The van der Waals surface area contributed by atoms with Crippen LogP contribution < -0.4 is 9.59 Å². The van der Waals surface area contributed by atoms with Gasteiger partial charge in [0.1, 0.15) is 0 Å². The predicted molar refractivity (Wildman–Crippen MR) is 15.1 cm³/mol. The Balaban J connectivity index is -0.0000000720. The molecule has 0 unspecified atom stereocenters. The van der Waals surface area contributed by atoms with E-state index >= 15 is 0 Å². The second-order valence-electron chi connectivity index (χ2n) is 0.475. The number of hydrogen-bond donors (Lipinski definition) is 0. The Morgan fingerprint density at radius 1 is 1.00 bits per heavy atom. The molecule has 52 valence electrons. The van der Waals surface area contributed by atoms with Crippen LogP contribution in [0.2, 0.25) is 0 Å². The Hall–Kier alpha value is 0.0262. The quantitative estimate of drug-likeness (QED) is 0.326. The van der Waals surface area contributed by atoms with Crippen LogP contribution in [0.4, 0.5) is 8.22 Å². The van der Waals surface area contributed by atoms with E-state index in [1.165, 1.54) is 0 Å². The summed E-state index contributed by atoms with van der Waals surface area (Å²) >= 11 is 0. The van der Waals surface area contributed by atoms with E-state index < -0.39 is 18.5 Å². The van der Waals surface area contributed by atoms with Crippen molar-refractivity contribution < 1.29 is 44.1 Å². The van der Waals surface area contributed by atoms with Gasteiger partial charge in [-0.1, -0.05) is 0 Å². The van der Waals surface area contributed by atoms with Gasteiger partial charge in [0.25, 0.3) is 0 Å². The van der Waals surface area contributed by atoms with Gasteiger partial charge in [-0.15, -0.1) is 0 Å². The normalized spacial score (nSPS) is 5.56. The van der Waals surface area contributed by atoms with Crippen molar-refractivity contribution in [2.75, 3.05) is 0 Å². The van der Waals surface area contributed by atoms with E-state index in [4.69, 9.17) is 18.5 Å². The van der Waals surface area contributed by atoms with Gasteiger partial charge in [0.15, 0.2) is 0 Å². The first-order chi connectivity index (χ1) is 3.46. The maximum atomic E-state index is 9.99. The minimum atomic E-state index is -3.88. The van der Waals surface area contributed by atoms with Crippen LogP contribution >= 0.6 is 0 Å². The summed E-state index contributed by atoms with van der Waals surface area (Å²) in [7, 11) is -7.76. The van der Waals surface area contributed by atoms with E-state index in [-0.39, 0.29) is 17.4 Å². The number of halogens is 2. The third kappa shape index (κ3) is 424000. The third-order valence-electron chi connectivity index (χ3n) is 0. The van der Waals surface area contributed by atoms with Crippen LogP contribution in [0.25, 0.3) is 0 Å². The second kappa shape index (κ2) is 10.9. The maximum Gasteiger partial charge on any atom is 2.00 e. The summed E-state index contributed by atoms with van der Waals surface area (Å²) in [5.74, 6) is 0. The van der Waals surface area contributed by atoms with Gasteiger partial charge in [0.2, 0.25) is 0 Å². The van der Waals surface area contributed by atoms with Crippen LogP contribution in [0.3, 0.4) is 0 Å². The summed E-state index contributed by atoms with van der Waals surface area (Å²) in [6.07, 6.45) is 0. The monoisotopic (exact) mass is 210 g/mol. The van der Waals surface area contributed by atoms with Gasteiger partial charge in [-0.3, -0.25) is 8.22 Å². The smallest absolute Gasteiger partial charge is 0.560 e. The summed E-state index contributed by atoms with van der Waals surface area (Å²) in [6, 6.07) is 0. The Kier molecular flexibility index (Phi) is 19.4. The molecular formula is CrF2O4Si2. The van der Waals surface area contributed by atoms with Crippen molar-refractivity contribution in [3.8, 4) is 0 Å². The molecule has 0 atom stereocenters. The molecule has 0 aromatic heterocycles. The molecule has 0 N–H and O–H groups in total. The molecule has 0 saturated heterocycles. The van der Waals surface area contributed by atoms with E-state index in [0.717, 1.165) is 0 Å². The van der Waals surface area contributed by atoms with Gasteiger partial charge in [0.05, 0.1) is 0 Å². The zero-order valence-electron chi connectivity index (χ0n) is 3.80. The molecule has 0 spiro atoms. The number of rotatable bonds is 0. The molecule has 0 fully saturated rings. The van der Waals surface area contributed by atoms with Crippen LogP contribution in [-0.2, 0) is 26.3 Å². The van der Waals surface area contributed by atoms with Crippen molar-refractivity contribution >= 4 is 18.5 Å². The van der Waals surface area contributed by atoms with E-state index in [2.05, 4.69) is 0 Å². The summed E-state index contributed by atoms with van der Waals surface area (Å²) in [5.41, 5.74) is 0. The fourth-order valence-electron chi connectivity index (χ4n) is 0. The zero-order valence-corrected chi connectivity index (χ0v) is 7.07. The fourth-order valence-corrected chi connectivity index (χ4v) is 0. The van der Waals surface area contributed by atoms with Gasteiger partial charge >= 0.3 is 35.9 Å². The average molecular weight is 210 g/mol. The summed E-state index contributed by atoms with van der Waals surface area (Å²) in [4.78, 5) is 16.8. The summed E-state index contributed by atoms with van der Waals surface area (Å²) in [5, 5.41) is 0. The first-order valence-electron chi connectivity index (χ1n) is 1.19. The van der Waals surface area contributed by atoms with E-state index in [1.807, 2.05) is 0 Å². The van der Waals surface area contributed by atoms with Crippen molar-refractivity contribution in [1.82, 2.24) is 0 Å². The first-order valence-corrected chi connectivity index (χ1v) is 3.58. The van der Waals surface area contributed by atoms with Crippen molar-refractivity contribution in [2.45, 2.75) is 0 Å². The average Bonchev–Trinajstić information content (AvgIpc) is 1.25. The van der Waals surface area contributed by atoms with E-state index in [1.54, 1.807) is 0 Å². The molecule has 0 aromatic carbocycles. The largest absolute Gasteiger partial charge is 2.00 e. The molecule has 0 aromatic rings. The van der Waals surface area contributed by atoms with Crippen molar-refractivity contribution in [3.63, 3.8) is 0 Å². The van der Waals surface area contributed by atoms with Crippen LogP contribution in [0.1, 0.15) is 0 Å². The predicted octanol–water partition coefficient (Wildman–Crippen LogP) is -2.54. The molecule has 0 radical (unpaired) electrons. The van der Waals surface area contributed by atoms with Gasteiger partial charge in [0, 0.05) is 0 Å². The third-order valence-corrected chi connectivity index (χ3v) is 0. The molecule has 0 heterocycles. The molecule has 0 amide bonds. The van der Waals surface area contributed by atoms with Gasteiger partial charge in [-0.05, 0) is 0 Å². The van der Waals surface area contributed by atoms with Gasteiger partial charge in [-0.25, -0.2) is 0 Å². The Morgan fingerprint density at radius 2 is 1.00 bits per heavy atom. The zero-order chi connectivity index (χ0) is 7.15. The van der Waals surface area contributed by atoms with Crippen molar-refractivity contribution in [1.29, 1.82) is 0 Å². The molecule has 9 heavy (non-hydrogen) atoms. The first kappa shape index (κ1) is 16.0. The molecule has 0 aliphatic carbocycles. The molecule has 9 heteroatoms. The molecule has 4 nitrogen and oxygen atoms in total. The Bertz CT molecular complexity index is 74.6. The maximum absolute atomic E-state index is 9.99. The molecule has 0 bridgehead atoms. The topological polar surface area (TPSA) is 80.3 Å². The summed E-state index contributed by atoms with van der Waals surface area (Å²) in [6.45, 7) is 0. The van der Waals surface area contributed by atoms with Crippen LogP contribution in [-0.4, -0.2) is 18.5 Å². The molecule has 0 aliphatic rings. The van der Waals surface area contributed by atoms with Gasteiger partial charge < -0.3 is 18.5 Å². The number of hydrogen-bond acceptors (Lipinski definition) is 4. The molecule has 0 rings (SSSR count). The van der Waals surface area contributed by atoms with Crippen molar-refractivity contribution in [2.24, 2.45) is 0 Å². The van der Waals surface area contributed by atoms with Crippen molar-refractivity contribution in [3.05, 3.63) is 0 Å². The molecular weight excluding hydrogens is 210 g/mol. The molecule has 0 aliphatic heterocycles. The molecule has 0 saturated carbocycles. The van der Waals surface area contributed by atoms with Crippen LogP contribution in [0.5, 0.6) is 0 Å². The van der Waals surface area contributed by atoms with Crippen LogP contribution in [0.15, 0.2) is 0 Å². The Labute approximate surface area is 63.2 Å². The van der Waals surface area contributed by atoms with E-state index in [9.17, 15) is 8.22 Å². The SMILES string of the molecule is O=[Si]([O-])F.O=[Si]([O-])F.[Cr+2]. The second-order valence-corrected chi connectivity index (χ2v) is 1.43. The standard InChI is InChI=1S/Cr.2FO2Si/c;2*1-4(2)3/q+2;2*-1. The Morgan fingerprint density at radius 3 is 1.00 bits per heavy atom. The van der Waals surface area contributed by atoms with E-state index in [0.29, 0.717) is 0 Å². The summed E-state index contributed by atoms with van der Waals surface area (Å²) < 4.78 is 36.8. The van der Waals surface area contributed by atoms with Crippen LogP contribution in [0, 0.1) is 0 Å².